The third-order valence-electron chi connectivity index (χ3n) is 3.31. The van der Waals surface area contributed by atoms with Crippen LogP contribution >= 0.6 is 0 Å². The number of aromatic nitrogens is 3. The average molecular weight is 236 g/mol. The van der Waals surface area contributed by atoms with E-state index in [-0.39, 0.29) is 11.9 Å². The van der Waals surface area contributed by atoms with Crippen molar-refractivity contribution >= 4 is 11.9 Å². The second-order valence-electron chi connectivity index (χ2n) is 4.81. The zero-order chi connectivity index (χ0) is 12.4. The van der Waals surface area contributed by atoms with E-state index in [4.69, 9.17) is 11.5 Å². The van der Waals surface area contributed by atoms with Crippen LogP contribution in [0, 0.1) is 0 Å². The van der Waals surface area contributed by atoms with Crippen molar-refractivity contribution in [1.82, 2.24) is 19.9 Å². The molecule has 17 heavy (non-hydrogen) atoms. The maximum atomic E-state index is 5.59. The third kappa shape index (κ3) is 2.82. The van der Waals surface area contributed by atoms with Crippen molar-refractivity contribution in [2.24, 2.45) is 0 Å². The largest absolute Gasteiger partial charge is 0.368 e. The summed E-state index contributed by atoms with van der Waals surface area (Å²) in [6, 6.07) is 0.601. The summed E-state index contributed by atoms with van der Waals surface area (Å²) in [4.78, 5) is 14.6. The van der Waals surface area contributed by atoms with Crippen molar-refractivity contribution in [3.8, 4) is 0 Å². The van der Waals surface area contributed by atoms with Gasteiger partial charge < -0.3 is 16.4 Å². The number of hydrogen-bond acceptors (Lipinski definition) is 6. The monoisotopic (exact) mass is 236 g/mol. The molecule has 1 fully saturated rings. The zero-order valence-corrected chi connectivity index (χ0v) is 10.4. The van der Waals surface area contributed by atoms with Crippen molar-refractivity contribution < 1.29 is 0 Å². The lowest BCUT2D eigenvalue weighted by Gasteiger charge is -2.33. The fourth-order valence-corrected chi connectivity index (χ4v) is 2.28. The standard InChI is InChI=1S/C11H20N6/c1-7(2)17-5-3-8(4-6-17)9-14-10(12)16-11(13)15-9/h7-8H,3-6H2,1-2H3,(H4,12,13,14,15,16). The lowest BCUT2D eigenvalue weighted by molar-refractivity contribution is 0.169. The van der Waals surface area contributed by atoms with E-state index in [1.807, 2.05) is 0 Å². The summed E-state index contributed by atoms with van der Waals surface area (Å²) in [6.45, 7) is 6.60. The molecule has 0 radical (unpaired) electrons. The number of nitrogen functional groups attached to an aromatic ring is 2. The van der Waals surface area contributed by atoms with Crippen LogP contribution in [0.4, 0.5) is 11.9 Å². The van der Waals surface area contributed by atoms with Gasteiger partial charge in [0.2, 0.25) is 11.9 Å². The molecule has 1 aromatic heterocycles. The van der Waals surface area contributed by atoms with Gasteiger partial charge in [0.25, 0.3) is 0 Å². The SMILES string of the molecule is CC(C)N1CCC(c2nc(N)nc(N)n2)CC1. The molecule has 1 aromatic rings. The predicted octanol–water partition coefficient (Wildman–Crippen LogP) is 0.624. The minimum atomic E-state index is 0.221. The van der Waals surface area contributed by atoms with Gasteiger partial charge in [0.1, 0.15) is 5.82 Å². The number of nitrogens with zero attached hydrogens (tertiary/aromatic N) is 4. The average Bonchev–Trinajstić information content (AvgIpc) is 2.28. The smallest absolute Gasteiger partial charge is 0.225 e. The van der Waals surface area contributed by atoms with E-state index in [2.05, 4.69) is 33.7 Å². The first kappa shape index (κ1) is 12.0. The van der Waals surface area contributed by atoms with Crippen LogP contribution in [0.1, 0.15) is 38.4 Å². The van der Waals surface area contributed by atoms with Crippen LogP contribution in [0.15, 0.2) is 0 Å². The van der Waals surface area contributed by atoms with Gasteiger partial charge in [-0.15, -0.1) is 0 Å². The van der Waals surface area contributed by atoms with Gasteiger partial charge in [-0.05, 0) is 39.8 Å². The predicted molar refractivity (Wildman–Crippen MR) is 67.3 cm³/mol. The van der Waals surface area contributed by atoms with E-state index in [9.17, 15) is 0 Å². The summed E-state index contributed by atoms with van der Waals surface area (Å²) in [7, 11) is 0. The highest BCUT2D eigenvalue weighted by Gasteiger charge is 2.24. The molecule has 1 aliphatic heterocycles. The molecule has 94 valence electrons. The molecule has 1 aliphatic rings. The van der Waals surface area contributed by atoms with E-state index < -0.39 is 0 Å². The summed E-state index contributed by atoms with van der Waals surface area (Å²) < 4.78 is 0. The number of anilines is 2. The van der Waals surface area contributed by atoms with Crippen molar-refractivity contribution in [3.63, 3.8) is 0 Å². The fourth-order valence-electron chi connectivity index (χ4n) is 2.28. The first-order valence-corrected chi connectivity index (χ1v) is 6.07. The normalized spacial score (nSPS) is 18.8. The highest BCUT2D eigenvalue weighted by Crippen LogP contribution is 2.26. The molecular formula is C11H20N6. The number of rotatable bonds is 2. The Morgan fingerprint density at radius 2 is 1.59 bits per heavy atom. The summed E-state index contributed by atoms with van der Waals surface area (Å²) in [5, 5.41) is 0. The van der Waals surface area contributed by atoms with E-state index in [1.54, 1.807) is 0 Å². The summed E-state index contributed by atoms with van der Waals surface area (Å²) >= 11 is 0. The Hall–Kier alpha value is -1.43. The lowest BCUT2D eigenvalue weighted by Crippen LogP contribution is -2.38. The minimum absolute atomic E-state index is 0.221. The molecule has 0 unspecified atom stereocenters. The Kier molecular flexibility index (Phi) is 3.42. The molecule has 2 rings (SSSR count). The van der Waals surface area contributed by atoms with E-state index in [0.717, 1.165) is 31.8 Å². The second kappa shape index (κ2) is 4.83. The number of piperidine rings is 1. The lowest BCUT2D eigenvalue weighted by atomic mass is 9.95. The highest BCUT2D eigenvalue weighted by molar-refractivity contribution is 5.27. The van der Waals surface area contributed by atoms with Crippen molar-refractivity contribution in [2.75, 3.05) is 24.6 Å². The first-order valence-electron chi connectivity index (χ1n) is 6.07. The molecule has 0 bridgehead atoms. The number of hydrogen-bond donors (Lipinski definition) is 2. The van der Waals surface area contributed by atoms with Gasteiger partial charge in [-0.3, -0.25) is 0 Å². The van der Waals surface area contributed by atoms with Gasteiger partial charge in [0, 0.05) is 12.0 Å². The van der Waals surface area contributed by atoms with Gasteiger partial charge in [-0.1, -0.05) is 0 Å². The van der Waals surface area contributed by atoms with Crippen LogP contribution in [-0.2, 0) is 0 Å². The molecule has 0 saturated carbocycles. The fraction of sp³-hybridized carbons (Fsp3) is 0.727. The minimum Gasteiger partial charge on any atom is -0.368 e. The van der Waals surface area contributed by atoms with Gasteiger partial charge in [-0.2, -0.15) is 15.0 Å². The van der Waals surface area contributed by atoms with Crippen LogP contribution in [0.5, 0.6) is 0 Å². The van der Waals surface area contributed by atoms with Gasteiger partial charge in [-0.25, -0.2) is 0 Å². The maximum absolute atomic E-state index is 5.59. The molecule has 0 amide bonds. The molecule has 4 N–H and O–H groups in total. The van der Waals surface area contributed by atoms with Crippen molar-refractivity contribution in [1.29, 1.82) is 0 Å². The van der Waals surface area contributed by atoms with Gasteiger partial charge in [0.15, 0.2) is 0 Å². The van der Waals surface area contributed by atoms with E-state index in [0.29, 0.717) is 12.0 Å². The van der Waals surface area contributed by atoms with E-state index in [1.165, 1.54) is 0 Å². The molecular weight excluding hydrogens is 216 g/mol. The highest BCUT2D eigenvalue weighted by atomic mass is 15.2. The molecule has 2 heterocycles. The van der Waals surface area contributed by atoms with Gasteiger partial charge in [0.05, 0.1) is 0 Å². The Balaban J connectivity index is 2.05. The molecule has 0 atom stereocenters. The molecule has 0 spiro atoms. The van der Waals surface area contributed by atoms with Crippen molar-refractivity contribution in [3.05, 3.63) is 5.82 Å². The molecule has 0 aromatic carbocycles. The van der Waals surface area contributed by atoms with Crippen LogP contribution in [-0.4, -0.2) is 39.0 Å². The van der Waals surface area contributed by atoms with Crippen LogP contribution < -0.4 is 11.5 Å². The summed E-state index contributed by atoms with van der Waals surface area (Å²) in [6.07, 6.45) is 2.11. The Morgan fingerprint density at radius 3 is 2.06 bits per heavy atom. The number of likely N-dealkylation sites (tertiary alicyclic amines) is 1. The zero-order valence-electron chi connectivity index (χ0n) is 10.4. The number of nitrogens with two attached hydrogens (primary N) is 2. The van der Waals surface area contributed by atoms with Crippen LogP contribution in [0.3, 0.4) is 0 Å². The first-order chi connectivity index (χ1) is 8.06. The summed E-state index contributed by atoms with van der Waals surface area (Å²) in [5.74, 6) is 1.55. The maximum Gasteiger partial charge on any atom is 0.225 e. The Morgan fingerprint density at radius 1 is 1.06 bits per heavy atom. The third-order valence-corrected chi connectivity index (χ3v) is 3.31. The quantitative estimate of drug-likeness (QED) is 0.782. The Bertz CT molecular complexity index is 363. The molecule has 6 heteroatoms. The molecule has 6 nitrogen and oxygen atoms in total. The van der Waals surface area contributed by atoms with Crippen molar-refractivity contribution in [2.45, 2.75) is 38.6 Å². The topological polar surface area (TPSA) is 94.0 Å². The molecule has 1 saturated heterocycles. The molecule has 0 aliphatic carbocycles. The second-order valence-corrected chi connectivity index (χ2v) is 4.81. The van der Waals surface area contributed by atoms with Crippen LogP contribution in [0.25, 0.3) is 0 Å². The van der Waals surface area contributed by atoms with E-state index >= 15 is 0 Å². The van der Waals surface area contributed by atoms with Gasteiger partial charge >= 0.3 is 0 Å². The van der Waals surface area contributed by atoms with Crippen LogP contribution in [0.2, 0.25) is 0 Å². The summed E-state index contributed by atoms with van der Waals surface area (Å²) in [5.41, 5.74) is 11.2. The Labute approximate surface area is 101 Å².